The van der Waals surface area contributed by atoms with Crippen molar-refractivity contribution < 1.29 is 9.53 Å². The Bertz CT molecular complexity index is 1010. The van der Waals surface area contributed by atoms with Crippen molar-refractivity contribution in [3.05, 3.63) is 99.0 Å². The van der Waals surface area contributed by atoms with E-state index in [9.17, 15) is 4.79 Å². The van der Waals surface area contributed by atoms with Crippen LogP contribution in [-0.2, 0) is 17.2 Å². The number of hydrogen-bond acceptors (Lipinski definition) is 4. The summed E-state index contributed by atoms with van der Waals surface area (Å²) in [6, 6.07) is 23.0. The molecule has 0 spiro atoms. The molecule has 1 amide bonds. The van der Waals surface area contributed by atoms with Crippen molar-refractivity contribution in [1.82, 2.24) is 5.43 Å². The largest absolute Gasteiger partial charge is 0.489 e. The number of ether oxygens (including phenoxy) is 1. The van der Waals surface area contributed by atoms with Gasteiger partial charge in [0, 0.05) is 20.8 Å². The van der Waals surface area contributed by atoms with Gasteiger partial charge in [0.25, 0.3) is 0 Å². The summed E-state index contributed by atoms with van der Waals surface area (Å²) in [6.45, 7) is 0.403. The van der Waals surface area contributed by atoms with Crippen molar-refractivity contribution in [1.29, 1.82) is 0 Å². The van der Waals surface area contributed by atoms with Crippen LogP contribution in [0.2, 0.25) is 5.02 Å². The number of benzene rings is 3. The summed E-state index contributed by atoms with van der Waals surface area (Å²) in [6.07, 6.45) is 1.61. The Morgan fingerprint density at radius 1 is 1.03 bits per heavy atom. The second-order valence-electron chi connectivity index (χ2n) is 6.33. The zero-order chi connectivity index (χ0) is 21.2. The van der Waals surface area contributed by atoms with Crippen LogP contribution in [0.1, 0.15) is 16.7 Å². The molecular formula is C23H20BrClN2O2S. The molecule has 3 aromatic carbocycles. The molecule has 0 atom stereocenters. The summed E-state index contributed by atoms with van der Waals surface area (Å²) in [5.41, 5.74) is 5.51. The minimum atomic E-state index is -0.136. The highest BCUT2D eigenvalue weighted by atomic mass is 79.9. The fraction of sp³-hybridized carbons (Fsp3) is 0.130. The molecule has 0 aliphatic rings. The summed E-state index contributed by atoms with van der Waals surface area (Å²) < 4.78 is 6.81. The van der Waals surface area contributed by atoms with Crippen molar-refractivity contribution in [3.63, 3.8) is 0 Å². The van der Waals surface area contributed by atoms with E-state index in [2.05, 4.69) is 26.5 Å². The molecule has 0 unspecified atom stereocenters. The quantitative estimate of drug-likeness (QED) is 0.285. The van der Waals surface area contributed by atoms with Gasteiger partial charge in [-0.25, -0.2) is 5.43 Å². The van der Waals surface area contributed by atoms with Gasteiger partial charge in [0.15, 0.2) is 0 Å². The Morgan fingerprint density at radius 3 is 2.47 bits per heavy atom. The van der Waals surface area contributed by atoms with E-state index in [0.717, 1.165) is 32.7 Å². The maximum atomic E-state index is 11.9. The first-order valence-electron chi connectivity index (χ1n) is 9.21. The summed E-state index contributed by atoms with van der Waals surface area (Å²) in [7, 11) is 0. The highest BCUT2D eigenvalue weighted by molar-refractivity contribution is 9.10. The van der Waals surface area contributed by atoms with E-state index in [4.69, 9.17) is 16.3 Å². The summed E-state index contributed by atoms with van der Waals surface area (Å²) in [4.78, 5) is 11.9. The number of hydrazone groups is 1. The molecule has 3 rings (SSSR count). The number of amides is 1. The summed E-state index contributed by atoms with van der Waals surface area (Å²) in [5.74, 6) is 1.70. The standard InChI is InChI=1S/C23H20BrClN2O2S/c24-21-7-3-1-6-19(21)15-30-16-23(28)27-26-13-17-9-11-20(12-10-17)29-14-18-5-2-4-8-22(18)25/h1-13H,14-16H2,(H,27,28)/b26-13-. The van der Waals surface area contributed by atoms with Gasteiger partial charge in [0.1, 0.15) is 12.4 Å². The highest BCUT2D eigenvalue weighted by Gasteiger charge is 2.03. The van der Waals surface area contributed by atoms with E-state index >= 15 is 0 Å². The lowest BCUT2D eigenvalue weighted by molar-refractivity contribution is -0.118. The van der Waals surface area contributed by atoms with E-state index in [0.29, 0.717) is 17.4 Å². The van der Waals surface area contributed by atoms with E-state index in [1.165, 1.54) is 11.8 Å². The Balaban J connectivity index is 1.40. The van der Waals surface area contributed by atoms with Crippen LogP contribution in [0.25, 0.3) is 0 Å². The van der Waals surface area contributed by atoms with Crippen LogP contribution in [0.15, 0.2) is 82.4 Å². The average molecular weight is 504 g/mol. The van der Waals surface area contributed by atoms with Crippen LogP contribution in [0.4, 0.5) is 0 Å². The summed E-state index contributed by atoms with van der Waals surface area (Å²) in [5, 5.41) is 4.70. The lowest BCUT2D eigenvalue weighted by Crippen LogP contribution is -2.19. The molecule has 154 valence electrons. The molecule has 0 aliphatic heterocycles. The van der Waals surface area contributed by atoms with E-state index in [1.54, 1.807) is 6.21 Å². The van der Waals surface area contributed by atoms with Gasteiger partial charge in [0.2, 0.25) is 5.91 Å². The molecule has 0 radical (unpaired) electrons. The molecule has 0 aliphatic carbocycles. The zero-order valence-corrected chi connectivity index (χ0v) is 19.2. The lowest BCUT2D eigenvalue weighted by Gasteiger charge is -2.07. The minimum Gasteiger partial charge on any atom is -0.489 e. The van der Waals surface area contributed by atoms with Crippen molar-refractivity contribution >= 4 is 51.4 Å². The number of thioether (sulfide) groups is 1. The van der Waals surface area contributed by atoms with Crippen LogP contribution in [0.3, 0.4) is 0 Å². The third kappa shape index (κ3) is 7.20. The Kier molecular flexibility index (Phi) is 8.81. The van der Waals surface area contributed by atoms with Crippen LogP contribution in [0.5, 0.6) is 5.75 Å². The number of carbonyl (C=O) groups is 1. The van der Waals surface area contributed by atoms with Gasteiger partial charge < -0.3 is 4.74 Å². The first kappa shape index (κ1) is 22.4. The molecule has 1 N–H and O–H groups in total. The molecule has 0 saturated heterocycles. The number of halogens is 2. The third-order valence-corrected chi connectivity index (χ3v) is 6.21. The maximum Gasteiger partial charge on any atom is 0.250 e. The number of hydrogen-bond donors (Lipinski definition) is 1. The molecule has 7 heteroatoms. The second-order valence-corrected chi connectivity index (χ2v) is 8.57. The van der Waals surface area contributed by atoms with Gasteiger partial charge in [-0.3, -0.25) is 4.79 Å². The fourth-order valence-electron chi connectivity index (χ4n) is 2.51. The molecule has 0 heterocycles. The van der Waals surface area contributed by atoms with Crippen molar-refractivity contribution in [3.8, 4) is 5.75 Å². The third-order valence-electron chi connectivity index (χ3n) is 4.08. The van der Waals surface area contributed by atoms with Crippen molar-refractivity contribution in [2.24, 2.45) is 5.10 Å². The molecule has 0 aromatic heterocycles. The SMILES string of the molecule is O=C(CSCc1ccccc1Br)N/N=C\c1ccc(OCc2ccccc2Cl)cc1. The Labute approximate surface area is 193 Å². The first-order valence-corrected chi connectivity index (χ1v) is 11.5. The first-order chi connectivity index (χ1) is 14.6. The van der Waals surface area contributed by atoms with Gasteiger partial charge in [-0.2, -0.15) is 5.10 Å². The predicted octanol–water partition coefficient (Wildman–Crippen LogP) is 6.07. The monoisotopic (exact) mass is 502 g/mol. The topological polar surface area (TPSA) is 50.7 Å². The molecule has 30 heavy (non-hydrogen) atoms. The number of nitrogens with one attached hydrogen (secondary N) is 1. The van der Waals surface area contributed by atoms with E-state index < -0.39 is 0 Å². The van der Waals surface area contributed by atoms with Gasteiger partial charge in [-0.05, 0) is 47.5 Å². The van der Waals surface area contributed by atoms with E-state index in [1.807, 2.05) is 72.8 Å². The molecule has 3 aromatic rings. The maximum absolute atomic E-state index is 11.9. The minimum absolute atomic E-state index is 0.136. The normalized spacial score (nSPS) is 10.9. The zero-order valence-electron chi connectivity index (χ0n) is 16.1. The molecule has 0 saturated carbocycles. The van der Waals surface area contributed by atoms with Gasteiger partial charge in [-0.1, -0.05) is 63.9 Å². The highest BCUT2D eigenvalue weighted by Crippen LogP contribution is 2.21. The van der Waals surface area contributed by atoms with E-state index in [-0.39, 0.29) is 5.91 Å². The van der Waals surface area contributed by atoms with Gasteiger partial charge in [-0.15, -0.1) is 11.8 Å². The molecule has 4 nitrogen and oxygen atoms in total. The summed E-state index contributed by atoms with van der Waals surface area (Å²) >= 11 is 11.2. The van der Waals surface area contributed by atoms with Gasteiger partial charge in [0.05, 0.1) is 12.0 Å². The smallest absolute Gasteiger partial charge is 0.250 e. The van der Waals surface area contributed by atoms with Crippen LogP contribution < -0.4 is 10.2 Å². The molecule has 0 fully saturated rings. The Morgan fingerprint density at radius 2 is 1.73 bits per heavy atom. The van der Waals surface area contributed by atoms with Gasteiger partial charge >= 0.3 is 0 Å². The number of rotatable bonds is 9. The van der Waals surface area contributed by atoms with Crippen LogP contribution in [0, 0.1) is 0 Å². The fourth-order valence-corrected chi connectivity index (χ4v) is 4.13. The molecular weight excluding hydrogens is 484 g/mol. The molecule has 0 bridgehead atoms. The Hall–Kier alpha value is -2.28. The number of nitrogens with zero attached hydrogens (tertiary/aromatic N) is 1. The van der Waals surface area contributed by atoms with Crippen molar-refractivity contribution in [2.75, 3.05) is 5.75 Å². The average Bonchev–Trinajstić information content (AvgIpc) is 2.75. The number of carbonyl (C=O) groups excluding carboxylic acids is 1. The lowest BCUT2D eigenvalue weighted by atomic mass is 10.2. The van der Waals surface area contributed by atoms with Crippen LogP contribution in [-0.4, -0.2) is 17.9 Å². The van der Waals surface area contributed by atoms with Crippen molar-refractivity contribution in [2.45, 2.75) is 12.4 Å². The predicted molar refractivity (Wildman–Crippen MR) is 128 cm³/mol. The van der Waals surface area contributed by atoms with Crippen LogP contribution >= 0.6 is 39.3 Å². The second kappa shape index (κ2) is 11.8.